The number of allylic oxidation sites excluding steroid dienone is 1. The second-order valence-electron chi connectivity index (χ2n) is 5.76. The molecule has 1 aliphatic rings. The molecule has 2 rings (SSSR count). The van der Waals surface area contributed by atoms with Gasteiger partial charge in [0.15, 0.2) is 0 Å². The van der Waals surface area contributed by atoms with Crippen LogP contribution in [-0.2, 0) is 11.2 Å². The number of carbonyl (C=O) groups excluding carboxylic acids is 1. The molecule has 1 atom stereocenters. The fourth-order valence-electron chi connectivity index (χ4n) is 2.77. The second-order valence-corrected chi connectivity index (χ2v) is 5.76. The lowest BCUT2D eigenvalue weighted by Gasteiger charge is -2.20. The van der Waals surface area contributed by atoms with E-state index in [1.54, 1.807) is 12.0 Å². The molecule has 1 aromatic carbocycles. The number of methoxy groups -OCH3 is 1. The molecule has 0 aliphatic carbocycles. The molecule has 0 spiro atoms. The van der Waals surface area contributed by atoms with Gasteiger partial charge in [-0.25, -0.2) is 0 Å². The summed E-state index contributed by atoms with van der Waals surface area (Å²) < 4.78 is 5.35. The summed E-state index contributed by atoms with van der Waals surface area (Å²) in [6, 6.07) is 8.06. The summed E-state index contributed by atoms with van der Waals surface area (Å²) in [4.78, 5) is 13.2. The second kappa shape index (κ2) is 7.99. The molecule has 1 saturated heterocycles. The van der Waals surface area contributed by atoms with Gasteiger partial charge < -0.3 is 14.7 Å². The number of aryl methyl sites for hydroxylation is 1. The predicted octanol–water partition coefficient (Wildman–Crippen LogP) is 2.91. The molecule has 1 amide bonds. The Labute approximate surface area is 132 Å². The van der Waals surface area contributed by atoms with Gasteiger partial charge in [0.2, 0.25) is 5.91 Å². The Bertz CT molecular complexity index is 539. The van der Waals surface area contributed by atoms with Gasteiger partial charge in [-0.2, -0.15) is 0 Å². The summed E-state index contributed by atoms with van der Waals surface area (Å²) in [6.45, 7) is 2.69. The van der Waals surface area contributed by atoms with Gasteiger partial charge in [0, 0.05) is 19.4 Å². The molecule has 120 valence electrons. The van der Waals surface area contributed by atoms with E-state index in [-0.39, 0.29) is 5.91 Å². The lowest BCUT2D eigenvalue weighted by atomic mass is 10.1. The Morgan fingerprint density at radius 3 is 2.91 bits per heavy atom. The first-order valence-corrected chi connectivity index (χ1v) is 7.87. The molecule has 1 heterocycles. The molecule has 1 fully saturated rings. The van der Waals surface area contributed by atoms with Crippen LogP contribution < -0.4 is 4.74 Å². The van der Waals surface area contributed by atoms with E-state index in [9.17, 15) is 9.90 Å². The largest absolute Gasteiger partial charge is 0.496 e. The lowest BCUT2D eigenvalue weighted by Crippen LogP contribution is -2.33. The summed E-state index contributed by atoms with van der Waals surface area (Å²) in [5.41, 5.74) is 2.46. The fourth-order valence-corrected chi connectivity index (χ4v) is 2.77. The number of hydrogen-bond acceptors (Lipinski definition) is 3. The normalized spacial score (nSPS) is 18.9. The Balaban J connectivity index is 1.79. The molecule has 1 aromatic rings. The number of benzene rings is 1. The summed E-state index contributed by atoms with van der Waals surface area (Å²) in [5, 5.41) is 9.73. The predicted molar refractivity (Wildman–Crippen MR) is 86.6 cm³/mol. The SMILES string of the molecule is COc1ccccc1CCC=C(C)CCN1C(=O)CCC1O. The first kappa shape index (κ1) is 16.6. The van der Waals surface area contributed by atoms with E-state index in [2.05, 4.69) is 19.1 Å². The monoisotopic (exact) mass is 303 g/mol. The first-order chi connectivity index (χ1) is 10.6. The van der Waals surface area contributed by atoms with E-state index in [4.69, 9.17) is 4.74 Å². The van der Waals surface area contributed by atoms with Gasteiger partial charge in [-0.05, 0) is 37.8 Å². The van der Waals surface area contributed by atoms with Crippen LogP contribution in [-0.4, -0.2) is 35.8 Å². The highest BCUT2D eigenvalue weighted by Crippen LogP contribution is 2.20. The van der Waals surface area contributed by atoms with Crippen LogP contribution in [0.4, 0.5) is 0 Å². The van der Waals surface area contributed by atoms with Crippen molar-refractivity contribution in [2.75, 3.05) is 13.7 Å². The smallest absolute Gasteiger partial charge is 0.224 e. The summed E-state index contributed by atoms with van der Waals surface area (Å²) in [5.74, 6) is 0.994. The number of nitrogens with zero attached hydrogens (tertiary/aromatic N) is 1. The van der Waals surface area contributed by atoms with Gasteiger partial charge in [-0.1, -0.05) is 29.8 Å². The van der Waals surface area contributed by atoms with Gasteiger partial charge in [0.05, 0.1) is 7.11 Å². The topological polar surface area (TPSA) is 49.8 Å². The maximum atomic E-state index is 11.6. The van der Waals surface area contributed by atoms with Crippen LogP contribution in [0.25, 0.3) is 0 Å². The number of aliphatic hydroxyl groups is 1. The van der Waals surface area contributed by atoms with E-state index < -0.39 is 6.23 Å². The highest BCUT2D eigenvalue weighted by molar-refractivity contribution is 5.78. The molecule has 0 bridgehead atoms. The molecule has 4 heteroatoms. The number of amides is 1. The van der Waals surface area contributed by atoms with E-state index in [1.807, 2.05) is 18.2 Å². The third-order valence-corrected chi connectivity index (χ3v) is 4.14. The zero-order valence-electron chi connectivity index (χ0n) is 13.4. The van der Waals surface area contributed by atoms with Crippen LogP contribution in [0.5, 0.6) is 5.75 Å². The number of hydrogen-bond donors (Lipinski definition) is 1. The van der Waals surface area contributed by atoms with Gasteiger partial charge >= 0.3 is 0 Å². The van der Waals surface area contributed by atoms with Gasteiger partial charge in [-0.15, -0.1) is 0 Å². The van der Waals surface area contributed by atoms with Crippen LogP contribution in [0.15, 0.2) is 35.9 Å². The van der Waals surface area contributed by atoms with E-state index in [0.717, 1.165) is 25.0 Å². The Morgan fingerprint density at radius 1 is 1.45 bits per heavy atom. The molecular weight excluding hydrogens is 278 g/mol. The van der Waals surface area contributed by atoms with Crippen molar-refractivity contribution < 1.29 is 14.6 Å². The van der Waals surface area contributed by atoms with Crippen LogP contribution in [0.1, 0.15) is 38.2 Å². The zero-order chi connectivity index (χ0) is 15.9. The average molecular weight is 303 g/mol. The number of carbonyl (C=O) groups is 1. The quantitative estimate of drug-likeness (QED) is 0.788. The van der Waals surface area contributed by atoms with Gasteiger partial charge in [-0.3, -0.25) is 4.79 Å². The standard InChI is InChI=1S/C18H25NO3/c1-14(12-13-19-17(20)10-11-18(19)21)6-5-8-15-7-3-4-9-16(15)22-2/h3-4,6-7,9,17,20H,5,8,10-13H2,1-2H3. The maximum absolute atomic E-state index is 11.6. The number of para-hydroxylation sites is 1. The van der Waals surface area contributed by atoms with Gasteiger partial charge in [0.1, 0.15) is 12.0 Å². The summed E-state index contributed by atoms with van der Waals surface area (Å²) >= 11 is 0. The van der Waals surface area contributed by atoms with Crippen molar-refractivity contribution in [3.05, 3.63) is 41.5 Å². The molecule has 4 nitrogen and oxygen atoms in total. The molecule has 0 saturated carbocycles. The van der Waals surface area contributed by atoms with Crippen LogP contribution in [0, 0.1) is 0 Å². The molecular formula is C18H25NO3. The molecule has 0 radical (unpaired) electrons. The molecule has 0 aromatic heterocycles. The summed E-state index contributed by atoms with van der Waals surface area (Å²) in [7, 11) is 1.69. The number of likely N-dealkylation sites (tertiary alicyclic amines) is 1. The van der Waals surface area contributed by atoms with E-state index in [0.29, 0.717) is 19.4 Å². The summed E-state index contributed by atoms with van der Waals surface area (Å²) in [6.07, 6.45) is 5.35. The molecule has 1 unspecified atom stereocenters. The minimum atomic E-state index is -0.589. The third kappa shape index (κ3) is 4.34. The van der Waals surface area contributed by atoms with Gasteiger partial charge in [0.25, 0.3) is 0 Å². The van der Waals surface area contributed by atoms with Crippen LogP contribution >= 0.6 is 0 Å². The van der Waals surface area contributed by atoms with Crippen molar-refractivity contribution in [1.82, 2.24) is 4.90 Å². The highest BCUT2D eigenvalue weighted by atomic mass is 16.5. The number of rotatable bonds is 7. The van der Waals surface area contributed by atoms with Crippen molar-refractivity contribution in [3.8, 4) is 5.75 Å². The van der Waals surface area contributed by atoms with Crippen LogP contribution in [0.2, 0.25) is 0 Å². The van der Waals surface area contributed by atoms with Crippen LogP contribution in [0.3, 0.4) is 0 Å². The fraction of sp³-hybridized carbons (Fsp3) is 0.500. The zero-order valence-corrected chi connectivity index (χ0v) is 13.4. The Hall–Kier alpha value is -1.81. The number of aliphatic hydroxyl groups excluding tert-OH is 1. The highest BCUT2D eigenvalue weighted by Gasteiger charge is 2.28. The van der Waals surface area contributed by atoms with Crippen molar-refractivity contribution in [2.45, 2.75) is 45.3 Å². The molecule has 1 aliphatic heterocycles. The molecule has 22 heavy (non-hydrogen) atoms. The minimum Gasteiger partial charge on any atom is -0.496 e. The van der Waals surface area contributed by atoms with Crippen molar-refractivity contribution in [2.24, 2.45) is 0 Å². The first-order valence-electron chi connectivity index (χ1n) is 7.87. The van der Waals surface area contributed by atoms with E-state index in [1.165, 1.54) is 11.1 Å². The lowest BCUT2D eigenvalue weighted by molar-refractivity contribution is -0.133. The number of ether oxygens (including phenoxy) is 1. The average Bonchev–Trinajstić information content (AvgIpc) is 2.84. The van der Waals surface area contributed by atoms with Crippen molar-refractivity contribution in [1.29, 1.82) is 0 Å². The third-order valence-electron chi connectivity index (χ3n) is 4.14. The van der Waals surface area contributed by atoms with Crippen molar-refractivity contribution >= 4 is 5.91 Å². The maximum Gasteiger partial charge on any atom is 0.224 e. The Kier molecular flexibility index (Phi) is 6.01. The van der Waals surface area contributed by atoms with Crippen molar-refractivity contribution in [3.63, 3.8) is 0 Å². The van der Waals surface area contributed by atoms with E-state index >= 15 is 0 Å². The minimum absolute atomic E-state index is 0.0642. The molecule has 1 N–H and O–H groups in total. The Morgan fingerprint density at radius 2 is 2.23 bits per heavy atom.